The lowest BCUT2D eigenvalue weighted by Gasteiger charge is -2.21. The molecule has 4 N–H and O–H groups in total. The van der Waals surface area contributed by atoms with Crippen LogP contribution in [0.4, 0.5) is 0 Å². The second kappa shape index (κ2) is 49.7. The first-order valence-corrected chi connectivity index (χ1v) is 27.0. The molecule has 0 aromatic heterocycles. The van der Waals surface area contributed by atoms with Crippen LogP contribution in [0.3, 0.4) is 0 Å². The minimum absolute atomic E-state index is 0.359. The first kappa shape index (κ1) is 58.1. The molecule has 0 bridgehead atoms. The monoisotopic (exact) mass is 834 g/mol. The third kappa shape index (κ3) is 44.9. The molecule has 0 aliphatic carbocycles. The van der Waals surface area contributed by atoms with Crippen molar-refractivity contribution in [2.24, 2.45) is 0 Å². The molecule has 3 unspecified atom stereocenters. The Kier molecular flexibility index (Phi) is 49.0. The fraction of sp³-hybridized carbons (Fsp3) is 0.944. The zero-order valence-electron chi connectivity index (χ0n) is 40.2. The predicted molar refractivity (Wildman–Crippen MR) is 259 cm³/mol. The van der Waals surface area contributed by atoms with Crippen LogP contribution in [-0.2, 0) is 4.79 Å². The van der Waals surface area contributed by atoms with Crippen LogP contribution < -0.4 is 5.32 Å². The highest BCUT2D eigenvalue weighted by Gasteiger charge is 2.22. The SMILES string of the molecule is CCCCCCCCCCCCC/C=C/C(O)C(CO)NC(=O)C(O)CCCCCCCCCCCCCCCCCCCCCCCCCCCCCCCCCC. The molecule has 59 heavy (non-hydrogen) atoms. The van der Waals surface area contributed by atoms with Gasteiger partial charge in [-0.15, -0.1) is 0 Å². The van der Waals surface area contributed by atoms with Crippen molar-refractivity contribution in [2.45, 2.75) is 321 Å². The van der Waals surface area contributed by atoms with Crippen LogP contribution in [0.2, 0.25) is 0 Å². The third-order valence-electron chi connectivity index (χ3n) is 12.9. The summed E-state index contributed by atoms with van der Waals surface area (Å²) >= 11 is 0. The fourth-order valence-electron chi connectivity index (χ4n) is 8.66. The van der Waals surface area contributed by atoms with Gasteiger partial charge in [-0.05, 0) is 19.3 Å². The van der Waals surface area contributed by atoms with Gasteiger partial charge in [0.2, 0.25) is 5.91 Å². The topological polar surface area (TPSA) is 89.8 Å². The second-order valence-corrected chi connectivity index (χ2v) is 18.8. The molecule has 0 saturated carbocycles. The van der Waals surface area contributed by atoms with Crippen molar-refractivity contribution in [1.29, 1.82) is 0 Å². The number of carbonyl (C=O) groups excluding carboxylic acids is 1. The molecular formula is C54H107NO4. The molecule has 0 aromatic rings. The number of rotatable bonds is 50. The van der Waals surface area contributed by atoms with Crippen molar-refractivity contribution in [3.63, 3.8) is 0 Å². The minimum atomic E-state index is -1.09. The van der Waals surface area contributed by atoms with E-state index in [2.05, 4.69) is 19.2 Å². The van der Waals surface area contributed by atoms with E-state index in [1.807, 2.05) is 6.08 Å². The summed E-state index contributed by atoms with van der Waals surface area (Å²) in [6, 6.07) is -0.793. The summed E-state index contributed by atoms with van der Waals surface area (Å²) in [4.78, 5) is 12.5. The summed E-state index contributed by atoms with van der Waals surface area (Å²) < 4.78 is 0. The van der Waals surface area contributed by atoms with Crippen LogP contribution in [0.15, 0.2) is 12.2 Å². The lowest BCUT2D eigenvalue weighted by atomic mass is 10.0. The predicted octanol–water partition coefficient (Wildman–Crippen LogP) is 16.3. The maximum absolute atomic E-state index is 12.5. The number of nitrogens with one attached hydrogen (secondary N) is 1. The van der Waals surface area contributed by atoms with Crippen molar-refractivity contribution in [3.8, 4) is 0 Å². The smallest absolute Gasteiger partial charge is 0.249 e. The largest absolute Gasteiger partial charge is 0.394 e. The van der Waals surface area contributed by atoms with E-state index in [4.69, 9.17) is 0 Å². The summed E-state index contributed by atoms with van der Waals surface area (Å²) in [5, 5.41) is 33.2. The molecule has 5 nitrogen and oxygen atoms in total. The molecule has 5 heteroatoms. The molecule has 0 heterocycles. The molecule has 1 amide bonds. The van der Waals surface area contributed by atoms with Crippen molar-refractivity contribution >= 4 is 5.91 Å². The van der Waals surface area contributed by atoms with E-state index >= 15 is 0 Å². The number of hydrogen-bond acceptors (Lipinski definition) is 4. The van der Waals surface area contributed by atoms with Crippen molar-refractivity contribution in [1.82, 2.24) is 5.32 Å². The van der Waals surface area contributed by atoms with Gasteiger partial charge in [-0.25, -0.2) is 0 Å². The standard InChI is InChI=1S/C54H107NO4/c1-3-5-7-9-11-13-15-17-18-19-20-21-22-23-24-25-26-27-28-29-30-31-32-33-34-35-37-39-41-43-45-47-49-53(58)54(59)55-51(50-56)52(57)48-46-44-42-40-38-36-16-14-12-10-8-6-4-2/h46,48,51-53,56-58H,3-45,47,49-50H2,1-2H3,(H,55,59)/b48-46+. The Hall–Kier alpha value is -0.910. The van der Waals surface area contributed by atoms with Crippen LogP contribution >= 0.6 is 0 Å². The van der Waals surface area contributed by atoms with E-state index in [9.17, 15) is 20.1 Å². The maximum atomic E-state index is 12.5. The van der Waals surface area contributed by atoms with Crippen LogP contribution in [-0.4, -0.2) is 46.1 Å². The fourth-order valence-corrected chi connectivity index (χ4v) is 8.66. The van der Waals surface area contributed by atoms with Crippen LogP contribution in [0, 0.1) is 0 Å². The van der Waals surface area contributed by atoms with E-state index in [0.717, 1.165) is 32.1 Å². The van der Waals surface area contributed by atoms with Crippen LogP contribution in [0.25, 0.3) is 0 Å². The zero-order chi connectivity index (χ0) is 43.0. The summed E-state index contributed by atoms with van der Waals surface area (Å²) in [5.41, 5.74) is 0. The highest BCUT2D eigenvalue weighted by Crippen LogP contribution is 2.18. The minimum Gasteiger partial charge on any atom is -0.394 e. The van der Waals surface area contributed by atoms with E-state index in [-0.39, 0.29) is 6.61 Å². The Balaban J connectivity index is 3.46. The first-order chi connectivity index (χ1) is 29.1. The van der Waals surface area contributed by atoms with E-state index in [1.54, 1.807) is 6.08 Å². The Bertz CT molecular complexity index is 833. The van der Waals surface area contributed by atoms with E-state index < -0.39 is 24.2 Å². The molecule has 0 saturated heterocycles. The van der Waals surface area contributed by atoms with Gasteiger partial charge in [0.1, 0.15) is 6.10 Å². The number of aliphatic hydroxyl groups excluding tert-OH is 3. The summed E-state index contributed by atoms with van der Waals surface area (Å²) in [5.74, 6) is -0.498. The molecule has 0 radical (unpaired) electrons. The molecule has 352 valence electrons. The number of hydrogen-bond donors (Lipinski definition) is 4. The molecule has 3 atom stereocenters. The number of unbranched alkanes of at least 4 members (excludes halogenated alkanes) is 42. The summed E-state index contributed by atoms with van der Waals surface area (Å²) in [6.07, 6.45) is 61.5. The van der Waals surface area contributed by atoms with Gasteiger partial charge in [0.25, 0.3) is 0 Å². The summed E-state index contributed by atoms with van der Waals surface area (Å²) in [7, 11) is 0. The lowest BCUT2D eigenvalue weighted by molar-refractivity contribution is -0.131. The van der Waals surface area contributed by atoms with Gasteiger partial charge in [-0.3, -0.25) is 4.79 Å². The van der Waals surface area contributed by atoms with Crippen LogP contribution in [0.1, 0.15) is 303 Å². The van der Waals surface area contributed by atoms with Gasteiger partial charge in [0.15, 0.2) is 0 Å². The van der Waals surface area contributed by atoms with Crippen molar-refractivity contribution in [3.05, 3.63) is 12.2 Å². The number of allylic oxidation sites excluding steroid dienone is 1. The average molecular weight is 834 g/mol. The molecule has 0 spiro atoms. The van der Waals surface area contributed by atoms with Crippen LogP contribution in [0.5, 0.6) is 0 Å². The van der Waals surface area contributed by atoms with Crippen molar-refractivity contribution in [2.75, 3.05) is 6.61 Å². The normalized spacial score (nSPS) is 13.4. The van der Waals surface area contributed by atoms with E-state index in [0.29, 0.717) is 6.42 Å². The quantitative estimate of drug-likeness (QED) is 0.0363. The molecule has 0 fully saturated rings. The lowest BCUT2D eigenvalue weighted by Crippen LogP contribution is -2.48. The van der Waals surface area contributed by atoms with Crippen molar-refractivity contribution < 1.29 is 20.1 Å². The number of carbonyl (C=O) groups is 1. The highest BCUT2D eigenvalue weighted by atomic mass is 16.3. The molecule has 0 aliphatic rings. The van der Waals surface area contributed by atoms with Gasteiger partial charge < -0.3 is 20.6 Å². The first-order valence-electron chi connectivity index (χ1n) is 27.0. The Morgan fingerprint density at radius 3 is 0.932 bits per heavy atom. The van der Waals surface area contributed by atoms with Gasteiger partial charge in [-0.2, -0.15) is 0 Å². The molecule has 0 aromatic carbocycles. The van der Waals surface area contributed by atoms with Gasteiger partial charge in [0.05, 0.1) is 18.8 Å². The van der Waals surface area contributed by atoms with Gasteiger partial charge >= 0.3 is 0 Å². The van der Waals surface area contributed by atoms with Gasteiger partial charge in [0, 0.05) is 0 Å². The number of aliphatic hydroxyl groups is 3. The zero-order valence-corrected chi connectivity index (χ0v) is 40.2. The highest BCUT2D eigenvalue weighted by molar-refractivity contribution is 5.80. The summed E-state index contributed by atoms with van der Waals surface area (Å²) in [6.45, 7) is 4.20. The average Bonchev–Trinajstić information content (AvgIpc) is 3.24. The molecule has 0 rings (SSSR count). The second-order valence-electron chi connectivity index (χ2n) is 18.8. The Labute approximate surface area is 369 Å². The van der Waals surface area contributed by atoms with E-state index in [1.165, 1.54) is 250 Å². The Morgan fingerprint density at radius 2 is 0.661 bits per heavy atom. The molecular weight excluding hydrogens is 727 g/mol. The third-order valence-corrected chi connectivity index (χ3v) is 12.9. The Morgan fingerprint density at radius 1 is 0.407 bits per heavy atom. The molecule has 0 aliphatic heterocycles. The number of amides is 1. The maximum Gasteiger partial charge on any atom is 0.249 e. The van der Waals surface area contributed by atoms with Gasteiger partial charge in [-0.1, -0.05) is 296 Å².